The number of hydrogen-bond acceptors (Lipinski definition) is 4. The first-order valence-corrected chi connectivity index (χ1v) is 6.82. The maximum atomic E-state index is 12.1. The average Bonchev–Trinajstić information content (AvgIpc) is 2.90. The molecule has 0 atom stereocenters. The molecule has 0 aliphatic carbocycles. The highest BCUT2D eigenvalue weighted by Gasteiger charge is 2.12. The van der Waals surface area contributed by atoms with Gasteiger partial charge in [0.05, 0.1) is 17.2 Å². The van der Waals surface area contributed by atoms with Gasteiger partial charge in [0.15, 0.2) is 5.78 Å². The maximum absolute atomic E-state index is 12.1. The first-order chi connectivity index (χ1) is 8.81. The van der Waals surface area contributed by atoms with Gasteiger partial charge in [0.1, 0.15) is 5.75 Å². The van der Waals surface area contributed by atoms with Crippen LogP contribution in [0.3, 0.4) is 0 Å². The van der Waals surface area contributed by atoms with E-state index in [4.69, 9.17) is 4.74 Å². The Balaban J connectivity index is 2.04. The summed E-state index contributed by atoms with van der Waals surface area (Å²) >= 11 is 1.58. The molecule has 0 bridgehead atoms. The number of ether oxygens (including phenoxy) is 1. The van der Waals surface area contributed by atoms with Crippen molar-refractivity contribution < 1.29 is 9.53 Å². The van der Waals surface area contributed by atoms with Crippen LogP contribution in [0.1, 0.15) is 28.7 Å². The molecule has 3 nitrogen and oxygen atoms in total. The molecule has 0 N–H and O–H groups in total. The van der Waals surface area contributed by atoms with Gasteiger partial charge in [-0.2, -0.15) is 0 Å². The second kappa shape index (κ2) is 6.31. The van der Waals surface area contributed by atoms with Crippen molar-refractivity contribution in [3.05, 3.63) is 46.4 Å². The third kappa shape index (κ3) is 3.17. The van der Waals surface area contributed by atoms with E-state index in [1.54, 1.807) is 17.5 Å². The van der Waals surface area contributed by atoms with Crippen molar-refractivity contribution in [3.8, 4) is 5.75 Å². The number of carbonyl (C=O) groups excluding carboxylic acids is 1. The zero-order valence-corrected chi connectivity index (χ0v) is 11.1. The Morgan fingerprint density at radius 2 is 2.22 bits per heavy atom. The van der Waals surface area contributed by atoms with Crippen molar-refractivity contribution in [3.63, 3.8) is 0 Å². The molecular weight excluding hydrogens is 246 g/mol. The van der Waals surface area contributed by atoms with E-state index in [1.807, 2.05) is 36.6 Å². The number of benzene rings is 1. The van der Waals surface area contributed by atoms with Crippen molar-refractivity contribution in [1.82, 2.24) is 4.98 Å². The van der Waals surface area contributed by atoms with E-state index in [1.165, 1.54) is 0 Å². The van der Waals surface area contributed by atoms with E-state index < -0.39 is 0 Å². The van der Waals surface area contributed by atoms with Crippen molar-refractivity contribution >= 4 is 17.1 Å². The third-order valence-corrected chi connectivity index (χ3v) is 3.38. The summed E-state index contributed by atoms with van der Waals surface area (Å²) in [6, 6.07) is 7.39. The lowest BCUT2D eigenvalue weighted by Crippen LogP contribution is -2.05. The topological polar surface area (TPSA) is 39.2 Å². The first kappa shape index (κ1) is 12.8. The molecule has 1 aromatic carbocycles. The molecule has 1 heterocycles. The molecule has 0 aliphatic rings. The molecule has 0 saturated carbocycles. The summed E-state index contributed by atoms with van der Waals surface area (Å²) in [5.74, 6) is 0.776. The van der Waals surface area contributed by atoms with E-state index >= 15 is 0 Å². The molecule has 0 unspecified atom stereocenters. The van der Waals surface area contributed by atoms with Gasteiger partial charge in [0, 0.05) is 24.4 Å². The lowest BCUT2D eigenvalue weighted by molar-refractivity contribution is 0.0979. The molecule has 0 amide bonds. The Bertz CT molecular complexity index is 508. The average molecular weight is 261 g/mol. The number of hydrogen-bond donors (Lipinski definition) is 0. The monoisotopic (exact) mass is 261 g/mol. The minimum absolute atomic E-state index is 0.106. The van der Waals surface area contributed by atoms with Crippen LogP contribution in [0.15, 0.2) is 35.8 Å². The minimum atomic E-state index is 0.106. The lowest BCUT2D eigenvalue weighted by atomic mass is 10.1. The van der Waals surface area contributed by atoms with Crippen molar-refractivity contribution in [1.29, 1.82) is 0 Å². The molecule has 0 spiro atoms. The van der Waals surface area contributed by atoms with Crippen LogP contribution >= 0.6 is 11.3 Å². The van der Waals surface area contributed by atoms with E-state index in [0.717, 1.165) is 5.01 Å². The van der Waals surface area contributed by atoms with Gasteiger partial charge >= 0.3 is 0 Å². The number of rotatable bonds is 6. The summed E-state index contributed by atoms with van der Waals surface area (Å²) in [6.07, 6.45) is 2.92. The van der Waals surface area contributed by atoms with E-state index in [2.05, 4.69) is 4.98 Å². The second-order valence-corrected chi connectivity index (χ2v) is 4.76. The molecule has 0 radical (unpaired) electrons. The van der Waals surface area contributed by atoms with Crippen LogP contribution in [0.25, 0.3) is 0 Å². The minimum Gasteiger partial charge on any atom is -0.493 e. The Morgan fingerprint density at radius 3 is 2.94 bits per heavy atom. The number of Topliss-reactive ketones (excluding diaryl/α,β-unsaturated/α-hetero) is 1. The van der Waals surface area contributed by atoms with Gasteiger partial charge in [-0.1, -0.05) is 12.1 Å². The number of ketones is 1. The fourth-order valence-electron chi connectivity index (χ4n) is 1.71. The van der Waals surface area contributed by atoms with Crippen LogP contribution < -0.4 is 4.74 Å². The molecule has 18 heavy (non-hydrogen) atoms. The van der Waals surface area contributed by atoms with Crippen LogP contribution in [0.2, 0.25) is 0 Å². The molecular formula is C14H15NO2S. The van der Waals surface area contributed by atoms with Crippen LogP contribution in [0.5, 0.6) is 5.75 Å². The maximum Gasteiger partial charge on any atom is 0.167 e. The number of thiazole rings is 1. The summed E-state index contributed by atoms with van der Waals surface area (Å²) in [5.41, 5.74) is 0.663. The largest absolute Gasteiger partial charge is 0.493 e. The quantitative estimate of drug-likeness (QED) is 0.748. The van der Waals surface area contributed by atoms with Gasteiger partial charge in [-0.05, 0) is 19.1 Å². The highest BCUT2D eigenvalue weighted by molar-refractivity contribution is 7.09. The zero-order chi connectivity index (χ0) is 12.8. The predicted molar refractivity (Wildman–Crippen MR) is 72.4 cm³/mol. The Hall–Kier alpha value is -1.68. The molecule has 94 valence electrons. The van der Waals surface area contributed by atoms with Gasteiger partial charge in [0.25, 0.3) is 0 Å². The summed E-state index contributed by atoms with van der Waals surface area (Å²) < 4.78 is 5.46. The fraction of sp³-hybridized carbons (Fsp3) is 0.286. The van der Waals surface area contributed by atoms with Crippen molar-refractivity contribution in [2.24, 2.45) is 0 Å². The molecule has 2 aromatic rings. The number of aryl methyl sites for hydroxylation is 1. The van der Waals surface area contributed by atoms with E-state index in [9.17, 15) is 4.79 Å². The lowest BCUT2D eigenvalue weighted by Gasteiger charge is -2.08. The fourth-order valence-corrected chi connectivity index (χ4v) is 2.33. The first-order valence-electron chi connectivity index (χ1n) is 5.94. The van der Waals surface area contributed by atoms with Gasteiger partial charge < -0.3 is 4.74 Å². The Kier molecular flexibility index (Phi) is 4.47. The second-order valence-electron chi connectivity index (χ2n) is 3.78. The van der Waals surface area contributed by atoms with Crippen LogP contribution in [0.4, 0.5) is 0 Å². The predicted octanol–water partition coefficient (Wildman–Crippen LogP) is 3.36. The van der Waals surface area contributed by atoms with Crippen LogP contribution in [0, 0.1) is 0 Å². The summed E-state index contributed by atoms with van der Waals surface area (Å²) in [5, 5.41) is 2.92. The third-order valence-electron chi connectivity index (χ3n) is 2.54. The normalized spacial score (nSPS) is 10.3. The van der Waals surface area contributed by atoms with E-state index in [-0.39, 0.29) is 5.78 Å². The number of nitrogens with zero attached hydrogens (tertiary/aromatic N) is 1. The SMILES string of the molecule is CCOc1ccccc1C(=O)CCc1nccs1. The standard InChI is InChI=1S/C14H15NO2S/c1-2-17-13-6-4-3-5-11(13)12(16)7-8-14-15-9-10-18-14/h3-6,9-10H,2,7-8H2,1H3. The van der Waals surface area contributed by atoms with E-state index in [0.29, 0.717) is 30.8 Å². The smallest absolute Gasteiger partial charge is 0.167 e. The van der Waals surface area contributed by atoms with Gasteiger partial charge in [-0.15, -0.1) is 11.3 Å². The Morgan fingerprint density at radius 1 is 1.39 bits per heavy atom. The van der Waals surface area contributed by atoms with Gasteiger partial charge in [0.2, 0.25) is 0 Å². The summed E-state index contributed by atoms with van der Waals surface area (Å²) in [6.45, 7) is 2.48. The highest BCUT2D eigenvalue weighted by Crippen LogP contribution is 2.20. The summed E-state index contributed by atoms with van der Waals surface area (Å²) in [4.78, 5) is 16.3. The molecule has 1 aromatic heterocycles. The number of aromatic nitrogens is 1. The van der Waals surface area contributed by atoms with Crippen LogP contribution in [-0.4, -0.2) is 17.4 Å². The molecule has 0 fully saturated rings. The Labute approximate surface area is 110 Å². The molecule has 0 aliphatic heterocycles. The molecule has 2 rings (SSSR count). The zero-order valence-electron chi connectivity index (χ0n) is 10.3. The van der Waals surface area contributed by atoms with Crippen molar-refractivity contribution in [2.75, 3.05) is 6.61 Å². The van der Waals surface area contributed by atoms with Crippen LogP contribution in [-0.2, 0) is 6.42 Å². The van der Waals surface area contributed by atoms with Gasteiger partial charge in [-0.25, -0.2) is 4.98 Å². The highest BCUT2D eigenvalue weighted by atomic mass is 32.1. The summed E-state index contributed by atoms with van der Waals surface area (Å²) in [7, 11) is 0. The van der Waals surface area contributed by atoms with Crippen molar-refractivity contribution in [2.45, 2.75) is 19.8 Å². The molecule has 0 saturated heterocycles. The molecule has 4 heteroatoms. The van der Waals surface area contributed by atoms with Gasteiger partial charge in [-0.3, -0.25) is 4.79 Å². The number of carbonyl (C=O) groups is 1. The number of para-hydroxylation sites is 1.